The highest BCUT2D eigenvalue weighted by Gasteiger charge is 2.25. The lowest BCUT2D eigenvalue weighted by Gasteiger charge is -2.40. The molecule has 2 aliphatic heterocycles. The van der Waals surface area contributed by atoms with Gasteiger partial charge in [-0.25, -0.2) is 0 Å². The molecule has 88 valence electrons. The van der Waals surface area contributed by atoms with E-state index in [1.165, 1.54) is 25.9 Å². The molecule has 2 unspecified atom stereocenters. The largest absolute Gasteiger partial charge is 0.381 e. The minimum atomic E-state index is 0.654. The highest BCUT2D eigenvalue weighted by atomic mass is 16.5. The van der Waals surface area contributed by atoms with E-state index in [-0.39, 0.29) is 0 Å². The summed E-state index contributed by atoms with van der Waals surface area (Å²) in [7, 11) is 0. The first kappa shape index (κ1) is 11.4. The topological polar surface area (TPSA) is 24.5 Å². The normalized spacial score (nSPS) is 35.6. The fraction of sp³-hybridized carbons (Fsp3) is 1.00. The Morgan fingerprint density at radius 2 is 2.00 bits per heavy atom. The maximum Gasteiger partial charge on any atom is 0.0469 e. The van der Waals surface area contributed by atoms with Crippen LogP contribution in [-0.4, -0.2) is 49.8 Å². The van der Waals surface area contributed by atoms with Crippen molar-refractivity contribution in [2.24, 2.45) is 5.92 Å². The summed E-state index contributed by atoms with van der Waals surface area (Å²) in [6.07, 6.45) is 2.51. The summed E-state index contributed by atoms with van der Waals surface area (Å²) in [6, 6.07) is 1.35. The van der Waals surface area contributed by atoms with Gasteiger partial charge in [0, 0.05) is 44.9 Å². The number of nitrogens with one attached hydrogen (secondary N) is 1. The predicted molar refractivity (Wildman–Crippen MR) is 62.0 cm³/mol. The molecule has 1 N–H and O–H groups in total. The first-order valence-electron chi connectivity index (χ1n) is 6.31. The van der Waals surface area contributed by atoms with Gasteiger partial charge >= 0.3 is 0 Å². The quantitative estimate of drug-likeness (QED) is 0.742. The van der Waals surface area contributed by atoms with Gasteiger partial charge in [-0.15, -0.1) is 0 Å². The second-order valence-electron chi connectivity index (χ2n) is 5.17. The fourth-order valence-electron chi connectivity index (χ4n) is 2.61. The molecule has 0 aromatic heterocycles. The molecule has 0 bridgehead atoms. The van der Waals surface area contributed by atoms with Crippen LogP contribution in [0.2, 0.25) is 0 Å². The van der Waals surface area contributed by atoms with Crippen LogP contribution in [0.1, 0.15) is 26.7 Å². The molecule has 3 nitrogen and oxygen atoms in total. The summed E-state index contributed by atoms with van der Waals surface area (Å²) in [5.41, 5.74) is 0. The van der Waals surface area contributed by atoms with Crippen LogP contribution in [0.5, 0.6) is 0 Å². The second kappa shape index (κ2) is 5.28. The minimum Gasteiger partial charge on any atom is -0.381 e. The van der Waals surface area contributed by atoms with Gasteiger partial charge in [0.25, 0.3) is 0 Å². The van der Waals surface area contributed by atoms with E-state index in [1.54, 1.807) is 0 Å². The number of ether oxygens (including phenoxy) is 1. The average molecular weight is 212 g/mol. The van der Waals surface area contributed by atoms with Crippen molar-refractivity contribution in [3.05, 3.63) is 0 Å². The van der Waals surface area contributed by atoms with Crippen LogP contribution in [-0.2, 0) is 4.74 Å². The third kappa shape index (κ3) is 3.16. The Morgan fingerprint density at radius 3 is 2.73 bits per heavy atom. The lowest BCUT2D eigenvalue weighted by molar-refractivity contribution is 0.0390. The number of hydrogen-bond donors (Lipinski definition) is 1. The maximum absolute atomic E-state index is 5.41. The highest BCUT2D eigenvalue weighted by molar-refractivity contribution is 4.83. The lowest BCUT2D eigenvalue weighted by Crippen LogP contribution is -2.55. The van der Waals surface area contributed by atoms with Crippen molar-refractivity contribution in [2.45, 2.75) is 38.8 Å². The first-order valence-corrected chi connectivity index (χ1v) is 6.31. The van der Waals surface area contributed by atoms with E-state index in [0.29, 0.717) is 12.1 Å². The number of nitrogens with zero attached hydrogens (tertiary/aromatic N) is 1. The van der Waals surface area contributed by atoms with Gasteiger partial charge in [-0.1, -0.05) is 0 Å². The van der Waals surface area contributed by atoms with Gasteiger partial charge in [0.1, 0.15) is 0 Å². The van der Waals surface area contributed by atoms with Gasteiger partial charge in [-0.2, -0.15) is 0 Å². The molecule has 2 fully saturated rings. The van der Waals surface area contributed by atoms with Gasteiger partial charge in [0.2, 0.25) is 0 Å². The highest BCUT2D eigenvalue weighted by Crippen LogP contribution is 2.18. The molecule has 0 radical (unpaired) electrons. The molecular weight excluding hydrogens is 188 g/mol. The molecular formula is C12H24N2O. The van der Waals surface area contributed by atoms with Crippen LogP contribution >= 0.6 is 0 Å². The Balaban J connectivity index is 1.80. The molecule has 2 aliphatic rings. The minimum absolute atomic E-state index is 0.654. The SMILES string of the molecule is CC1CN(CC2CCOCC2)C(C)CN1. The number of piperazine rings is 1. The van der Waals surface area contributed by atoms with E-state index in [9.17, 15) is 0 Å². The Morgan fingerprint density at radius 1 is 1.27 bits per heavy atom. The summed E-state index contributed by atoms with van der Waals surface area (Å²) >= 11 is 0. The molecule has 2 rings (SSSR count). The second-order valence-corrected chi connectivity index (χ2v) is 5.17. The third-order valence-corrected chi connectivity index (χ3v) is 3.73. The monoisotopic (exact) mass is 212 g/mol. The van der Waals surface area contributed by atoms with Crippen molar-refractivity contribution in [1.82, 2.24) is 10.2 Å². The Labute approximate surface area is 93.2 Å². The van der Waals surface area contributed by atoms with Crippen LogP contribution in [0, 0.1) is 5.92 Å². The van der Waals surface area contributed by atoms with Crippen LogP contribution in [0.15, 0.2) is 0 Å². The summed E-state index contributed by atoms with van der Waals surface area (Å²) in [4.78, 5) is 2.65. The van der Waals surface area contributed by atoms with Crippen molar-refractivity contribution in [3.8, 4) is 0 Å². The predicted octanol–water partition coefficient (Wildman–Crippen LogP) is 1.10. The first-order chi connectivity index (χ1) is 7.25. The van der Waals surface area contributed by atoms with Crippen LogP contribution in [0.3, 0.4) is 0 Å². The van der Waals surface area contributed by atoms with E-state index in [1.807, 2.05) is 0 Å². The van der Waals surface area contributed by atoms with E-state index in [0.717, 1.165) is 25.7 Å². The molecule has 0 amide bonds. The zero-order chi connectivity index (χ0) is 10.7. The van der Waals surface area contributed by atoms with Crippen molar-refractivity contribution in [3.63, 3.8) is 0 Å². The van der Waals surface area contributed by atoms with Crippen LogP contribution < -0.4 is 5.32 Å². The van der Waals surface area contributed by atoms with E-state index < -0.39 is 0 Å². The van der Waals surface area contributed by atoms with Gasteiger partial charge in [0.05, 0.1) is 0 Å². The van der Waals surface area contributed by atoms with Gasteiger partial charge in [-0.05, 0) is 32.6 Å². The Hall–Kier alpha value is -0.120. The maximum atomic E-state index is 5.41. The van der Waals surface area contributed by atoms with Crippen molar-refractivity contribution in [1.29, 1.82) is 0 Å². The van der Waals surface area contributed by atoms with Crippen molar-refractivity contribution < 1.29 is 4.74 Å². The molecule has 3 heteroatoms. The standard InChI is InChI=1S/C12H24N2O/c1-10-8-14(11(2)7-13-10)9-12-3-5-15-6-4-12/h10-13H,3-9H2,1-2H3. The molecule has 2 heterocycles. The van der Waals surface area contributed by atoms with Crippen LogP contribution in [0.4, 0.5) is 0 Å². The molecule has 0 aromatic rings. The average Bonchev–Trinajstić information content (AvgIpc) is 2.25. The summed E-state index contributed by atoms with van der Waals surface area (Å²) < 4.78 is 5.41. The lowest BCUT2D eigenvalue weighted by atomic mass is 9.98. The number of hydrogen-bond acceptors (Lipinski definition) is 3. The third-order valence-electron chi connectivity index (χ3n) is 3.73. The molecule has 0 spiro atoms. The zero-order valence-electron chi connectivity index (χ0n) is 10.0. The molecule has 0 aromatic carbocycles. The van der Waals surface area contributed by atoms with Gasteiger partial charge in [-0.3, -0.25) is 4.90 Å². The van der Waals surface area contributed by atoms with Crippen molar-refractivity contribution >= 4 is 0 Å². The van der Waals surface area contributed by atoms with Gasteiger partial charge in [0.15, 0.2) is 0 Å². The van der Waals surface area contributed by atoms with Crippen molar-refractivity contribution in [2.75, 3.05) is 32.8 Å². The Bertz CT molecular complexity index is 192. The summed E-state index contributed by atoms with van der Waals surface area (Å²) in [5.74, 6) is 0.867. The molecule has 0 aliphatic carbocycles. The Kier molecular flexibility index (Phi) is 4.00. The van der Waals surface area contributed by atoms with E-state index in [4.69, 9.17) is 4.74 Å². The number of rotatable bonds is 2. The fourth-order valence-corrected chi connectivity index (χ4v) is 2.61. The van der Waals surface area contributed by atoms with E-state index in [2.05, 4.69) is 24.1 Å². The molecule has 2 saturated heterocycles. The molecule has 0 saturated carbocycles. The summed E-state index contributed by atoms with van der Waals surface area (Å²) in [6.45, 7) is 10.2. The smallest absolute Gasteiger partial charge is 0.0469 e. The van der Waals surface area contributed by atoms with Gasteiger partial charge < -0.3 is 10.1 Å². The molecule has 2 atom stereocenters. The van der Waals surface area contributed by atoms with E-state index >= 15 is 0 Å². The zero-order valence-corrected chi connectivity index (χ0v) is 10.0. The van der Waals surface area contributed by atoms with Crippen LogP contribution in [0.25, 0.3) is 0 Å². The summed E-state index contributed by atoms with van der Waals surface area (Å²) in [5, 5.41) is 3.53. The molecule has 15 heavy (non-hydrogen) atoms.